The van der Waals surface area contributed by atoms with Crippen molar-refractivity contribution in [3.63, 3.8) is 0 Å². The van der Waals surface area contributed by atoms with E-state index in [0.29, 0.717) is 23.8 Å². The molecule has 23 heavy (non-hydrogen) atoms. The fourth-order valence-electron chi connectivity index (χ4n) is 1.93. The first kappa shape index (κ1) is 17.3. The number of rotatable bonds is 7. The molecule has 2 unspecified atom stereocenters. The topological polar surface area (TPSA) is 79.7 Å². The van der Waals surface area contributed by atoms with Crippen LogP contribution in [-0.4, -0.2) is 21.5 Å². The third-order valence-electron chi connectivity index (χ3n) is 3.12. The summed E-state index contributed by atoms with van der Waals surface area (Å²) in [6, 6.07) is 14.8. The van der Waals surface area contributed by atoms with Gasteiger partial charge in [-0.15, -0.1) is 0 Å². The summed E-state index contributed by atoms with van der Waals surface area (Å²) in [4.78, 5) is 0. The molecule has 5 nitrogen and oxygen atoms in total. The highest BCUT2D eigenvalue weighted by atomic mass is 28.4. The molecule has 2 atom stereocenters. The van der Waals surface area contributed by atoms with Gasteiger partial charge in [-0.05, 0) is 50.2 Å². The molecule has 2 aromatic rings. The van der Waals surface area contributed by atoms with Crippen LogP contribution in [0, 0.1) is 6.92 Å². The van der Waals surface area contributed by atoms with Crippen LogP contribution in [0.5, 0.6) is 11.5 Å². The van der Waals surface area contributed by atoms with Crippen molar-refractivity contribution in [3.05, 3.63) is 54.1 Å². The van der Waals surface area contributed by atoms with Gasteiger partial charge in [0.15, 0.2) is 0 Å². The number of hydrogen-bond donors (Lipinski definition) is 2. The van der Waals surface area contributed by atoms with Crippen molar-refractivity contribution in [2.45, 2.75) is 26.4 Å². The van der Waals surface area contributed by atoms with Crippen LogP contribution < -0.4 is 20.3 Å². The van der Waals surface area contributed by atoms with Crippen molar-refractivity contribution in [1.82, 2.24) is 0 Å². The van der Waals surface area contributed by atoms with Crippen molar-refractivity contribution in [2.24, 2.45) is 5.73 Å². The summed E-state index contributed by atoms with van der Waals surface area (Å²) in [5, 5.41) is 0. The highest BCUT2D eigenvalue weighted by molar-refractivity contribution is 6.60. The van der Waals surface area contributed by atoms with Crippen molar-refractivity contribution in [1.29, 1.82) is 0 Å². The Morgan fingerprint density at radius 2 is 1.43 bits per heavy atom. The molecule has 0 aliphatic heterocycles. The minimum atomic E-state index is -2.95. The van der Waals surface area contributed by atoms with E-state index in [2.05, 4.69) is 0 Å². The third-order valence-corrected chi connectivity index (χ3v) is 5.02. The molecule has 124 valence electrons. The Morgan fingerprint density at radius 3 is 1.91 bits per heavy atom. The zero-order valence-electron chi connectivity index (χ0n) is 13.8. The number of nitrogens with two attached hydrogens (primary N) is 2. The molecule has 0 amide bonds. The SMILES string of the molecule is Cc1ccc(O[Si](C)(OCC(C)N)Oc2ccc(N)cc2)cc1. The summed E-state index contributed by atoms with van der Waals surface area (Å²) in [5.74, 6) is 1.37. The molecule has 4 N–H and O–H groups in total. The second-order valence-electron chi connectivity index (χ2n) is 5.74. The molecule has 0 aliphatic rings. The fourth-order valence-corrected chi connectivity index (χ4v) is 3.79. The first-order valence-corrected chi connectivity index (χ1v) is 9.78. The lowest BCUT2D eigenvalue weighted by Gasteiger charge is -2.28. The lowest BCUT2D eigenvalue weighted by molar-refractivity contribution is 0.164. The van der Waals surface area contributed by atoms with Gasteiger partial charge in [-0.2, -0.15) is 0 Å². The molecule has 6 heteroatoms. The van der Waals surface area contributed by atoms with Gasteiger partial charge in [-0.1, -0.05) is 17.7 Å². The Bertz CT molecular complexity index is 567. The normalized spacial score (nSPS) is 14.8. The molecule has 0 aliphatic carbocycles. The van der Waals surface area contributed by atoms with E-state index in [9.17, 15) is 0 Å². The van der Waals surface area contributed by atoms with Gasteiger partial charge in [0.2, 0.25) is 0 Å². The van der Waals surface area contributed by atoms with Crippen LogP contribution in [0.15, 0.2) is 48.5 Å². The van der Waals surface area contributed by atoms with E-state index < -0.39 is 8.80 Å². The quantitative estimate of drug-likeness (QED) is 0.602. The maximum Gasteiger partial charge on any atom is 0.628 e. The van der Waals surface area contributed by atoms with Gasteiger partial charge in [-0.25, -0.2) is 0 Å². The summed E-state index contributed by atoms with van der Waals surface area (Å²) in [5.41, 5.74) is 13.3. The van der Waals surface area contributed by atoms with E-state index in [1.165, 1.54) is 0 Å². The standard InChI is InChI=1S/C17H24N2O3Si/c1-13-4-8-16(9-5-13)21-23(3,20-12-14(2)18)22-17-10-6-15(19)7-11-17/h4-11,14H,12,18-19H2,1-3H3. The van der Waals surface area contributed by atoms with Gasteiger partial charge in [0, 0.05) is 18.3 Å². The zero-order valence-corrected chi connectivity index (χ0v) is 14.8. The Morgan fingerprint density at radius 1 is 0.957 bits per heavy atom. The Kier molecular flexibility index (Phi) is 5.65. The predicted molar refractivity (Wildman–Crippen MR) is 94.5 cm³/mol. The monoisotopic (exact) mass is 332 g/mol. The largest absolute Gasteiger partial charge is 0.628 e. The predicted octanol–water partition coefficient (Wildman–Crippen LogP) is 2.97. The number of benzene rings is 2. The fraction of sp³-hybridized carbons (Fsp3) is 0.294. The maximum atomic E-state index is 6.05. The summed E-state index contributed by atoms with van der Waals surface area (Å²) >= 11 is 0. The van der Waals surface area contributed by atoms with Gasteiger partial charge in [0.1, 0.15) is 11.5 Å². The lowest BCUT2D eigenvalue weighted by Crippen LogP contribution is -2.50. The summed E-state index contributed by atoms with van der Waals surface area (Å²) < 4.78 is 18.0. The van der Waals surface area contributed by atoms with Gasteiger partial charge in [-0.3, -0.25) is 0 Å². The molecule has 0 saturated carbocycles. The third kappa shape index (κ3) is 5.59. The summed E-state index contributed by atoms with van der Waals surface area (Å²) in [6.07, 6.45) is 0. The molecule has 0 spiro atoms. The van der Waals surface area contributed by atoms with E-state index >= 15 is 0 Å². The van der Waals surface area contributed by atoms with Gasteiger partial charge >= 0.3 is 8.80 Å². The molecule has 0 heterocycles. The smallest absolute Gasteiger partial charge is 0.492 e. The van der Waals surface area contributed by atoms with Crippen LogP contribution in [0.1, 0.15) is 12.5 Å². The molecule has 2 aromatic carbocycles. The average molecular weight is 332 g/mol. The second-order valence-corrected chi connectivity index (χ2v) is 8.16. The van der Waals surface area contributed by atoms with Crippen molar-refractivity contribution >= 4 is 14.5 Å². The first-order valence-electron chi connectivity index (χ1n) is 7.56. The molecule has 0 saturated heterocycles. The van der Waals surface area contributed by atoms with Crippen LogP contribution in [0.2, 0.25) is 6.55 Å². The van der Waals surface area contributed by atoms with Gasteiger partial charge in [0.05, 0.1) is 6.61 Å². The second kappa shape index (κ2) is 7.50. The molecule has 0 aromatic heterocycles. The number of nitrogen functional groups attached to an aromatic ring is 1. The minimum Gasteiger partial charge on any atom is -0.492 e. The molecule has 0 radical (unpaired) electrons. The van der Waals surface area contributed by atoms with E-state index in [4.69, 9.17) is 24.7 Å². The number of aryl methyl sites for hydroxylation is 1. The summed E-state index contributed by atoms with van der Waals surface area (Å²) in [7, 11) is -2.95. The van der Waals surface area contributed by atoms with Crippen LogP contribution in [0.3, 0.4) is 0 Å². The lowest BCUT2D eigenvalue weighted by atomic mass is 10.2. The van der Waals surface area contributed by atoms with Crippen LogP contribution in [0.4, 0.5) is 5.69 Å². The van der Waals surface area contributed by atoms with Crippen LogP contribution in [-0.2, 0) is 4.43 Å². The van der Waals surface area contributed by atoms with Crippen molar-refractivity contribution in [2.75, 3.05) is 12.3 Å². The van der Waals surface area contributed by atoms with Gasteiger partial charge in [0.25, 0.3) is 0 Å². The first-order chi connectivity index (χ1) is 10.9. The van der Waals surface area contributed by atoms with Crippen molar-refractivity contribution < 1.29 is 13.3 Å². The summed E-state index contributed by atoms with van der Waals surface area (Å²) in [6.45, 7) is 6.12. The maximum absolute atomic E-state index is 6.05. The molecular formula is C17H24N2O3Si. The highest BCUT2D eigenvalue weighted by Gasteiger charge is 2.40. The number of anilines is 1. The van der Waals surface area contributed by atoms with E-state index in [1.807, 2.05) is 44.7 Å². The van der Waals surface area contributed by atoms with Crippen molar-refractivity contribution in [3.8, 4) is 11.5 Å². The highest BCUT2D eigenvalue weighted by Crippen LogP contribution is 2.22. The molecule has 2 rings (SSSR count). The van der Waals surface area contributed by atoms with Crippen LogP contribution in [0.25, 0.3) is 0 Å². The molecule has 0 fully saturated rings. The zero-order chi connectivity index (χ0) is 16.9. The Hall–Kier alpha value is -2.02. The van der Waals surface area contributed by atoms with Crippen LogP contribution >= 0.6 is 0 Å². The molecule has 0 bridgehead atoms. The van der Waals surface area contributed by atoms with E-state index in [1.54, 1.807) is 24.3 Å². The van der Waals surface area contributed by atoms with E-state index in [0.717, 1.165) is 5.56 Å². The Labute approximate surface area is 138 Å². The average Bonchev–Trinajstić information content (AvgIpc) is 2.50. The van der Waals surface area contributed by atoms with E-state index in [-0.39, 0.29) is 6.04 Å². The minimum absolute atomic E-state index is 0.0986. The van der Waals surface area contributed by atoms with Gasteiger partial charge < -0.3 is 24.7 Å². The Balaban J connectivity index is 2.16. The number of hydrogen-bond acceptors (Lipinski definition) is 5. The molecular weight excluding hydrogens is 308 g/mol.